The van der Waals surface area contributed by atoms with E-state index in [1.807, 2.05) is 0 Å². The number of cyclic esters (lactones) is 1. The minimum absolute atomic E-state index is 0.0386. The van der Waals surface area contributed by atoms with Gasteiger partial charge in [0, 0.05) is 0 Å². The monoisotopic (exact) mass is 251 g/mol. The van der Waals surface area contributed by atoms with Crippen molar-refractivity contribution in [3.8, 4) is 0 Å². The number of carbonyl (C=O) groups excluding carboxylic acids is 2. The lowest BCUT2D eigenvalue weighted by molar-refractivity contribution is -0.165. The molecule has 0 aliphatic carbocycles. The second-order valence-corrected chi connectivity index (χ2v) is 4.51. The van der Waals surface area contributed by atoms with Crippen LogP contribution in [0.3, 0.4) is 0 Å². The SMILES string of the molecule is CC(C)CC1(C)N=C(C(=O)C(F)(F)F)OC1=O. The predicted octanol–water partition coefficient (Wildman–Crippen LogP) is 1.88. The number of rotatable bonds is 3. The smallest absolute Gasteiger partial charge is 0.402 e. The van der Waals surface area contributed by atoms with Gasteiger partial charge in [0.15, 0.2) is 5.54 Å². The highest BCUT2D eigenvalue weighted by atomic mass is 19.4. The van der Waals surface area contributed by atoms with Crippen LogP contribution in [0.5, 0.6) is 0 Å². The highest BCUT2D eigenvalue weighted by molar-refractivity contribution is 6.41. The van der Waals surface area contributed by atoms with Crippen LogP contribution in [0.2, 0.25) is 0 Å². The summed E-state index contributed by atoms with van der Waals surface area (Å²) in [5, 5.41) is 0. The summed E-state index contributed by atoms with van der Waals surface area (Å²) < 4.78 is 40.7. The minimum Gasteiger partial charge on any atom is -0.402 e. The fraction of sp³-hybridized carbons (Fsp3) is 0.700. The Kier molecular flexibility index (Phi) is 3.31. The van der Waals surface area contributed by atoms with E-state index in [0.29, 0.717) is 0 Å². The third-order valence-corrected chi connectivity index (χ3v) is 2.23. The molecular weight excluding hydrogens is 239 g/mol. The molecule has 96 valence electrons. The average molecular weight is 251 g/mol. The first kappa shape index (κ1) is 13.7. The maximum absolute atomic E-state index is 12.1. The Hall–Kier alpha value is -1.40. The standard InChI is InChI=1S/C10H12F3NO3/c1-5(2)4-9(3)8(16)17-7(14-9)6(15)10(11,12)13/h5H,4H2,1-3H3. The number of ketones is 1. The van der Waals surface area contributed by atoms with E-state index in [2.05, 4.69) is 9.73 Å². The van der Waals surface area contributed by atoms with Gasteiger partial charge in [-0.25, -0.2) is 9.79 Å². The number of hydrogen-bond acceptors (Lipinski definition) is 4. The summed E-state index contributed by atoms with van der Waals surface area (Å²) in [7, 11) is 0. The minimum atomic E-state index is -5.08. The van der Waals surface area contributed by atoms with Gasteiger partial charge < -0.3 is 4.74 Å². The highest BCUT2D eigenvalue weighted by Crippen LogP contribution is 2.29. The molecule has 0 saturated heterocycles. The van der Waals surface area contributed by atoms with Crippen molar-refractivity contribution in [1.29, 1.82) is 0 Å². The molecule has 0 amide bonds. The van der Waals surface area contributed by atoms with Crippen LogP contribution in [0.1, 0.15) is 27.2 Å². The van der Waals surface area contributed by atoms with Crippen molar-refractivity contribution in [3.05, 3.63) is 0 Å². The first-order valence-electron chi connectivity index (χ1n) is 5.00. The second kappa shape index (κ2) is 4.12. The zero-order chi connectivity index (χ0) is 13.4. The second-order valence-electron chi connectivity index (χ2n) is 4.51. The molecule has 1 aliphatic heterocycles. The normalized spacial score (nSPS) is 24.9. The summed E-state index contributed by atoms with van der Waals surface area (Å²) in [4.78, 5) is 25.8. The van der Waals surface area contributed by atoms with E-state index >= 15 is 0 Å². The van der Waals surface area contributed by atoms with Gasteiger partial charge in [-0.15, -0.1) is 0 Å². The quantitative estimate of drug-likeness (QED) is 0.719. The Morgan fingerprint density at radius 3 is 2.41 bits per heavy atom. The number of aliphatic imine (C=N–C) groups is 1. The number of hydrogen-bond donors (Lipinski definition) is 0. The first-order valence-corrected chi connectivity index (χ1v) is 5.00. The summed E-state index contributed by atoms with van der Waals surface area (Å²) in [6.07, 6.45) is -4.86. The van der Waals surface area contributed by atoms with E-state index in [4.69, 9.17) is 0 Å². The molecule has 0 aromatic rings. The van der Waals surface area contributed by atoms with E-state index < -0.39 is 29.4 Å². The Labute approximate surface area is 95.8 Å². The molecule has 0 N–H and O–H groups in total. The summed E-state index contributed by atoms with van der Waals surface area (Å²) in [6.45, 7) is 4.93. The van der Waals surface area contributed by atoms with Crippen LogP contribution in [0.15, 0.2) is 4.99 Å². The number of alkyl halides is 3. The van der Waals surface area contributed by atoms with Crippen LogP contribution >= 0.6 is 0 Å². The fourth-order valence-electron chi connectivity index (χ4n) is 1.63. The van der Waals surface area contributed by atoms with Gasteiger partial charge in [-0.2, -0.15) is 13.2 Å². The first-order chi connectivity index (χ1) is 7.56. The van der Waals surface area contributed by atoms with E-state index in [9.17, 15) is 22.8 Å². The topological polar surface area (TPSA) is 55.7 Å². The van der Waals surface area contributed by atoms with Gasteiger partial charge >= 0.3 is 17.9 Å². The molecule has 0 spiro atoms. The van der Waals surface area contributed by atoms with Crippen molar-refractivity contribution in [1.82, 2.24) is 0 Å². The number of nitrogens with zero attached hydrogens (tertiary/aromatic N) is 1. The predicted molar refractivity (Wildman–Crippen MR) is 52.4 cm³/mol. The number of ether oxygens (including phenoxy) is 1. The Morgan fingerprint density at radius 1 is 1.47 bits per heavy atom. The van der Waals surface area contributed by atoms with E-state index in [1.165, 1.54) is 6.92 Å². The lowest BCUT2D eigenvalue weighted by Crippen LogP contribution is -2.32. The van der Waals surface area contributed by atoms with Crippen LogP contribution in [-0.4, -0.2) is 29.4 Å². The molecule has 0 bridgehead atoms. The number of Topliss-reactive ketones (excluding diaryl/α,β-unsaturated/α-hetero) is 1. The van der Waals surface area contributed by atoms with Crippen molar-refractivity contribution in [2.45, 2.75) is 38.9 Å². The molecule has 0 aromatic heterocycles. The highest BCUT2D eigenvalue weighted by Gasteiger charge is 2.50. The Balaban J connectivity index is 2.97. The van der Waals surface area contributed by atoms with Crippen molar-refractivity contribution in [2.24, 2.45) is 10.9 Å². The summed E-state index contributed by atoms with van der Waals surface area (Å²) in [5.74, 6) is -4.26. The molecule has 1 atom stereocenters. The summed E-state index contributed by atoms with van der Waals surface area (Å²) >= 11 is 0. The molecule has 1 rings (SSSR count). The van der Waals surface area contributed by atoms with Gasteiger partial charge in [0.05, 0.1) is 0 Å². The molecule has 0 saturated carbocycles. The molecule has 17 heavy (non-hydrogen) atoms. The van der Waals surface area contributed by atoms with Crippen LogP contribution in [0.25, 0.3) is 0 Å². The van der Waals surface area contributed by atoms with Crippen molar-refractivity contribution < 1.29 is 27.5 Å². The van der Waals surface area contributed by atoms with Gasteiger partial charge in [-0.1, -0.05) is 13.8 Å². The van der Waals surface area contributed by atoms with Crippen LogP contribution < -0.4 is 0 Å². The summed E-state index contributed by atoms with van der Waals surface area (Å²) in [6, 6.07) is 0. The molecule has 0 radical (unpaired) electrons. The molecule has 1 unspecified atom stereocenters. The molecule has 0 aromatic carbocycles. The Morgan fingerprint density at radius 2 is 2.00 bits per heavy atom. The zero-order valence-corrected chi connectivity index (χ0v) is 9.59. The number of esters is 1. The van der Waals surface area contributed by atoms with Crippen molar-refractivity contribution in [2.75, 3.05) is 0 Å². The van der Waals surface area contributed by atoms with Crippen LogP contribution in [0.4, 0.5) is 13.2 Å². The third-order valence-electron chi connectivity index (χ3n) is 2.23. The van der Waals surface area contributed by atoms with Crippen molar-refractivity contribution in [3.63, 3.8) is 0 Å². The van der Waals surface area contributed by atoms with Gasteiger partial charge in [0.2, 0.25) is 0 Å². The lowest BCUT2D eigenvalue weighted by atomic mass is 9.92. The van der Waals surface area contributed by atoms with Crippen LogP contribution in [0, 0.1) is 5.92 Å². The Bertz CT molecular complexity index is 387. The molecule has 7 heteroatoms. The fourth-order valence-corrected chi connectivity index (χ4v) is 1.63. The van der Waals surface area contributed by atoms with E-state index in [-0.39, 0.29) is 12.3 Å². The van der Waals surface area contributed by atoms with Crippen LogP contribution in [-0.2, 0) is 14.3 Å². The van der Waals surface area contributed by atoms with E-state index in [0.717, 1.165) is 0 Å². The lowest BCUT2D eigenvalue weighted by Gasteiger charge is -2.17. The molecule has 4 nitrogen and oxygen atoms in total. The number of carbonyl (C=O) groups is 2. The third kappa shape index (κ3) is 2.83. The van der Waals surface area contributed by atoms with Gasteiger partial charge in [-0.3, -0.25) is 4.79 Å². The maximum atomic E-state index is 12.1. The zero-order valence-electron chi connectivity index (χ0n) is 9.59. The molecular formula is C10H12F3NO3. The van der Waals surface area contributed by atoms with E-state index in [1.54, 1.807) is 13.8 Å². The average Bonchev–Trinajstić information content (AvgIpc) is 2.38. The summed E-state index contributed by atoms with van der Waals surface area (Å²) in [5.41, 5.74) is -1.40. The van der Waals surface area contributed by atoms with Gasteiger partial charge in [-0.05, 0) is 19.3 Å². The van der Waals surface area contributed by atoms with Gasteiger partial charge in [0.25, 0.3) is 5.90 Å². The molecule has 1 aliphatic rings. The molecule has 0 fully saturated rings. The molecule has 1 heterocycles. The number of halogens is 3. The van der Waals surface area contributed by atoms with Crippen molar-refractivity contribution >= 4 is 17.7 Å². The largest absolute Gasteiger partial charge is 0.459 e. The van der Waals surface area contributed by atoms with Gasteiger partial charge in [0.1, 0.15) is 0 Å². The maximum Gasteiger partial charge on any atom is 0.459 e.